The van der Waals surface area contributed by atoms with Gasteiger partial charge in [0.15, 0.2) is 0 Å². The second kappa shape index (κ2) is 3.00. The molecule has 0 N–H and O–H groups in total. The fraction of sp³-hybridized carbons (Fsp3) is 0.167. The van der Waals surface area contributed by atoms with Crippen LogP contribution in [0.5, 0.6) is 0 Å². The van der Waals surface area contributed by atoms with E-state index < -0.39 is 0 Å². The van der Waals surface area contributed by atoms with Gasteiger partial charge in [-0.15, -0.1) is 11.3 Å². The van der Waals surface area contributed by atoms with E-state index in [1.54, 1.807) is 11.3 Å². The predicted octanol–water partition coefficient (Wildman–Crippen LogP) is 3.46. The molecule has 0 aliphatic heterocycles. The predicted molar refractivity (Wildman–Crippen MR) is 64.4 cm³/mol. The molecule has 3 aromatic heterocycles. The Hall–Kier alpha value is -1.48. The monoisotopic (exact) mass is 214 g/mol. The molecule has 0 aliphatic rings. The number of aryl methyl sites for hydroxylation is 2. The van der Waals surface area contributed by atoms with Crippen molar-refractivity contribution in [3.63, 3.8) is 0 Å². The van der Waals surface area contributed by atoms with Crippen LogP contribution in [0.15, 0.2) is 24.4 Å². The molecule has 3 rings (SSSR count). The molecule has 0 fully saturated rings. The van der Waals surface area contributed by atoms with Crippen molar-refractivity contribution in [2.45, 2.75) is 13.8 Å². The van der Waals surface area contributed by atoms with Crippen LogP contribution in [-0.2, 0) is 0 Å². The van der Waals surface area contributed by atoms with Gasteiger partial charge in [-0.1, -0.05) is 0 Å². The summed E-state index contributed by atoms with van der Waals surface area (Å²) in [5.74, 6) is 0. The van der Waals surface area contributed by atoms with Crippen molar-refractivity contribution in [3.05, 3.63) is 35.7 Å². The van der Waals surface area contributed by atoms with Crippen molar-refractivity contribution in [1.29, 1.82) is 0 Å². The van der Waals surface area contributed by atoms with E-state index >= 15 is 0 Å². The molecule has 0 amide bonds. The highest BCUT2D eigenvalue weighted by molar-refractivity contribution is 7.25. The lowest BCUT2D eigenvalue weighted by Gasteiger charge is -1.93. The number of aromatic nitrogens is 2. The van der Waals surface area contributed by atoms with Gasteiger partial charge in [0, 0.05) is 11.9 Å². The Balaban J connectivity index is 2.58. The number of rotatable bonds is 0. The fourth-order valence-electron chi connectivity index (χ4n) is 1.75. The minimum Gasteiger partial charge on any atom is -0.253 e. The van der Waals surface area contributed by atoms with Crippen molar-refractivity contribution in [2.75, 3.05) is 0 Å². The Morgan fingerprint density at radius 3 is 2.80 bits per heavy atom. The first-order valence-corrected chi connectivity index (χ1v) is 5.69. The standard InChI is InChI=1S/C12H10N2S/c1-7-5-6-13-11-10-9(15-12(7)11)4-3-8(2)14-10/h3-6H,1-2H3. The van der Waals surface area contributed by atoms with Crippen LogP contribution in [0.3, 0.4) is 0 Å². The average Bonchev–Trinajstić information content (AvgIpc) is 2.58. The van der Waals surface area contributed by atoms with Gasteiger partial charge in [0.05, 0.1) is 9.40 Å². The summed E-state index contributed by atoms with van der Waals surface area (Å²) in [5, 5.41) is 0. The third-order valence-electron chi connectivity index (χ3n) is 2.54. The smallest absolute Gasteiger partial charge is 0.108 e. The lowest BCUT2D eigenvalue weighted by Crippen LogP contribution is -1.81. The van der Waals surface area contributed by atoms with Gasteiger partial charge >= 0.3 is 0 Å². The molecular formula is C12H10N2S. The molecule has 3 aromatic rings. The zero-order valence-corrected chi connectivity index (χ0v) is 9.43. The first kappa shape index (κ1) is 8.80. The first-order chi connectivity index (χ1) is 7.25. The van der Waals surface area contributed by atoms with Crippen LogP contribution in [0.2, 0.25) is 0 Å². The van der Waals surface area contributed by atoms with E-state index in [1.165, 1.54) is 15.0 Å². The molecule has 0 aliphatic carbocycles. The van der Waals surface area contributed by atoms with E-state index in [-0.39, 0.29) is 0 Å². The highest BCUT2D eigenvalue weighted by Gasteiger charge is 2.08. The normalized spacial score (nSPS) is 11.3. The number of thiophene rings is 1. The quantitative estimate of drug-likeness (QED) is 0.572. The topological polar surface area (TPSA) is 25.8 Å². The molecule has 0 radical (unpaired) electrons. The average molecular weight is 214 g/mol. The van der Waals surface area contributed by atoms with E-state index in [0.29, 0.717) is 0 Å². The minimum atomic E-state index is 1.04. The molecule has 2 nitrogen and oxygen atoms in total. The molecular weight excluding hydrogens is 204 g/mol. The Kier molecular flexibility index (Phi) is 1.76. The maximum absolute atomic E-state index is 4.55. The molecule has 74 valence electrons. The van der Waals surface area contributed by atoms with Crippen molar-refractivity contribution >= 4 is 31.8 Å². The molecule has 0 unspecified atom stereocenters. The van der Waals surface area contributed by atoms with E-state index in [1.807, 2.05) is 25.3 Å². The van der Waals surface area contributed by atoms with Crippen molar-refractivity contribution in [2.24, 2.45) is 0 Å². The van der Waals surface area contributed by atoms with Crippen molar-refractivity contribution < 1.29 is 0 Å². The van der Waals surface area contributed by atoms with Crippen molar-refractivity contribution in [3.8, 4) is 0 Å². The second-order valence-corrected chi connectivity index (χ2v) is 4.76. The molecule has 3 heteroatoms. The van der Waals surface area contributed by atoms with Crippen LogP contribution in [-0.4, -0.2) is 9.97 Å². The van der Waals surface area contributed by atoms with Gasteiger partial charge in [0.2, 0.25) is 0 Å². The molecule has 0 spiro atoms. The molecule has 0 aromatic carbocycles. The lowest BCUT2D eigenvalue weighted by molar-refractivity contribution is 1.26. The van der Waals surface area contributed by atoms with Gasteiger partial charge in [-0.2, -0.15) is 0 Å². The largest absolute Gasteiger partial charge is 0.253 e. The van der Waals surface area contributed by atoms with Crippen molar-refractivity contribution in [1.82, 2.24) is 9.97 Å². The molecule has 0 bridgehead atoms. The Morgan fingerprint density at radius 1 is 1.07 bits per heavy atom. The summed E-state index contributed by atoms with van der Waals surface area (Å²) in [6, 6.07) is 6.22. The lowest BCUT2D eigenvalue weighted by atomic mass is 10.2. The number of hydrogen-bond donors (Lipinski definition) is 0. The number of fused-ring (bicyclic) bond motifs is 3. The van der Waals surface area contributed by atoms with Crippen LogP contribution in [0.1, 0.15) is 11.3 Å². The van der Waals surface area contributed by atoms with Crippen LogP contribution < -0.4 is 0 Å². The number of pyridine rings is 2. The summed E-state index contributed by atoms with van der Waals surface area (Å²) in [6.45, 7) is 4.13. The van der Waals surface area contributed by atoms with Gasteiger partial charge in [0.25, 0.3) is 0 Å². The fourth-order valence-corrected chi connectivity index (χ4v) is 2.82. The van der Waals surface area contributed by atoms with Crippen LogP contribution in [0.25, 0.3) is 20.4 Å². The van der Waals surface area contributed by atoms with Gasteiger partial charge in [-0.25, -0.2) is 4.98 Å². The minimum absolute atomic E-state index is 1.04. The van der Waals surface area contributed by atoms with E-state index in [4.69, 9.17) is 0 Å². The molecule has 3 heterocycles. The van der Waals surface area contributed by atoms with Gasteiger partial charge in [-0.05, 0) is 37.6 Å². The zero-order valence-electron chi connectivity index (χ0n) is 8.61. The highest BCUT2D eigenvalue weighted by atomic mass is 32.1. The number of nitrogens with zero attached hydrogens (tertiary/aromatic N) is 2. The SMILES string of the molecule is Cc1ccc2sc3c(C)ccnc3c2n1. The zero-order chi connectivity index (χ0) is 10.4. The summed E-state index contributed by atoms with van der Waals surface area (Å²) in [4.78, 5) is 8.97. The Bertz CT molecular complexity index is 655. The molecule has 0 saturated heterocycles. The summed E-state index contributed by atoms with van der Waals surface area (Å²) in [5.41, 5.74) is 4.41. The summed E-state index contributed by atoms with van der Waals surface area (Å²) in [6.07, 6.45) is 1.86. The maximum Gasteiger partial charge on any atom is 0.108 e. The summed E-state index contributed by atoms with van der Waals surface area (Å²) >= 11 is 1.77. The van der Waals surface area contributed by atoms with E-state index in [0.717, 1.165) is 16.7 Å². The van der Waals surface area contributed by atoms with Crippen LogP contribution in [0, 0.1) is 13.8 Å². The highest BCUT2D eigenvalue weighted by Crippen LogP contribution is 2.32. The summed E-state index contributed by atoms with van der Waals surface area (Å²) in [7, 11) is 0. The Labute approximate surface area is 91.6 Å². The Morgan fingerprint density at radius 2 is 1.93 bits per heavy atom. The van der Waals surface area contributed by atoms with E-state index in [9.17, 15) is 0 Å². The maximum atomic E-state index is 4.55. The van der Waals surface area contributed by atoms with Gasteiger partial charge in [0.1, 0.15) is 11.0 Å². The van der Waals surface area contributed by atoms with Crippen LogP contribution >= 0.6 is 11.3 Å². The first-order valence-electron chi connectivity index (χ1n) is 4.87. The molecule has 0 atom stereocenters. The third kappa shape index (κ3) is 1.23. The second-order valence-electron chi connectivity index (χ2n) is 3.71. The van der Waals surface area contributed by atoms with Crippen LogP contribution in [0.4, 0.5) is 0 Å². The third-order valence-corrected chi connectivity index (χ3v) is 3.80. The molecule has 0 saturated carbocycles. The van der Waals surface area contributed by atoms with Gasteiger partial charge < -0.3 is 0 Å². The van der Waals surface area contributed by atoms with Gasteiger partial charge in [-0.3, -0.25) is 4.98 Å². The van der Waals surface area contributed by atoms with E-state index in [2.05, 4.69) is 23.0 Å². The summed E-state index contributed by atoms with van der Waals surface area (Å²) < 4.78 is 2.48. The number of hydrogen-bond acceptors (Lipinski definition) is 3. The molecule has 15 heavy (non-hydrogen) atoms.